The number of carbonyl (C=O) groups excluding carboxylic acids is 2. The molecule has 6 rings (SSSR count). The highest BCUT2D eigenvalue weighted by molar-refractivity contribution is 7.99. The van der Waals surface area contributed by atoms with Gasteiger partial charge in [0.2, 0.25) is 5.91 Å². The third-order valence-electron chi connectivity index (χ3n) is 10.4. The largest absolute Gasteiger partial charge is 0.508 e. The number of rotatable bonds is 14. The minimum atomic E-state index is -4.12. The van der Waals surface area contributed by atoms with Crippen molar-refractivity contribution in [2.45, 2.75) is 95.0 Å². The molecule has 3 heterocycles. The number of fused-ring (bicyclic) bond motifs is 2. The lowest BCUT2D eigenvalue weighted by Crippen LogP contribution is -2.60. The number of aliphatic hydroxyl groups is 1. The second-order valence-electron chi connectivity index (χ2n) is 16.0. The van der Waals surface area contributed by atoms with Crippen molar-refractivity contribution >= 4 is 48.2 Å². The second kappa shape index (κ2) is 20.2. The summed E-state index contributed by atoms with van der Waals surface area (Å²) in [6, 6.07) is 13.9. The fraction of sp³-hybridized carbons (Fsp3) is 0.525. The average molecular weight is 841 g/mol. The predicted octanol–water partition coefficient (Wildman–Crippen LogP) is 4.31. The molecule has 0 unspecified atom stereocenters. The zero-order valence-corrected chi connectivity index (χ0v) is 35.2. The Morgan fingerprint density at radius 2 is 1.78 bits per heavy atom. The van der Waals surface area contributed by atoms with Gasteiger partial charge in [-0.15, -0.1) is 11.8 Å². The molecule has 0 radical (unpaired) electrons. The van der Waals surface area contributed by atoms with Crippen LogP contribution >= 0.6 is 19.4 Å². The highest BCUT2D eigenvalue weighted by Gasteiger charge is 2.42. The van der Waals surface area contributed by atoms with Crippen LogP contribution in [-0.4, -0.2) is 112 Å². The molecule has 1 aliphatic carbocycles. The van der Waals surface area contributed by atoms with Gasteiger partial charge in [-0.05, 0) is 76.6 Å². The number of amides is 2. The molecular formula is C40H57N8O8PS. The Morgan fingerprint density at radius 3 is 2.48 bits per heavy atom. The number of carbonyl (C=O) groups is 2. The molecular weight excluding hydrogens is 784 g/mol. The molecule has 316 valence electrons. The molecule has 1 saturated carbocycles. The molecule has 2 amide bonds. The SMILES string of the molecule is Cc1c(O)cccc1C(=O)N[C@@H](CSc1ccccc1)[C@H](O)CN1C[C@H]2CCCC[C@H]2C[C@H]1C(=O)NC(C)(C)C.Nc1ncnc2c1ncn2CCOCP(=O)(O)O. The minimum Gasteiger partial charge on any atom is -0.508 e. The molecule has 58 heavy (non-hydrogen) atoms. The summed E-state index contributed by atoms with van der Waals surface area (Å²) in [6.07, 6.45) is 6.92. The van der Waals surface area contributed by atoms with E-state index >= 15 is 0 Å². The maximum absolute atomic E-state index is 13.5. The van der Waals surface area contributed by atoms with E-state index < -0.39 is 26.1 Å². The second-order valence-corrected chi connectivity index (χ2v) is 18.7. The van der Waals surface area contributed by atoms with Crippen molar-refractivity contribution in [1.82, 2.24) is 35.1 Å². The molecule has 8 N–H and O–H groups in total. The molecule has 1 aliphatic heterocycles. The summed E-state index contributed by atoms with van der Waals surface area (Å²) in [7, 11) is -4.12. The molecule has 18 heteroatoms. The van der Waals surface area contributed by atoms with Crippen LogP contribution in [-0.2, 0) is 20.6 Å². The van der Waals surface area contributed by atoms with Gasteiger partial charge in [0.05, 0.1) is 31.1 Å². The third-order valence-corrected chi connectivity index (χ3v) is 12.0. The zero-order valence-electron chi connectivity index (χ0n) is 33.5. The fourth-order valence-corrected chi connectivity index (χ4v) is 8.86. The lowest BCUT2D eigenvalue weighted by Gasteiger charge is -2.47. The van der Waals surface area contributed by atoms with Gasteiger partial charge in [0.25, 0.3) is 5.91 Å². The van der Waals surface area contributed by atoms with Gasteiger partial charge in [-0.25, -0.2) is 15.0 Å². The third kappa shape index (κ3) is 13.0. The Labute approximate surface area is 343 Å². The lowest BCUT2D eigenvalue weighted by atomic mass is 9.72. The van der Waals surface area contributed by atoms with Crippen molar-refractivity contribution in [2.75, 3.05) is 37.5 Å². The smallest absolute Gasteiger partial charge is 0.350 e. The van der Waals surface area contributed by atoms with E-state index in [9.17, 15) is 24.4 Å². The topological polar surface area (TPSA) is 238 Å². The van der Waals surface area contributed by atoms with Crippen molar-refractivity contribution in [2.24, 2.45) is 11.8 Å². The van der Waals surface area contributed by atoms with E-state index in [2.05, 4.69) is 30.5 Å². The average Bonchev–Trinajstić information content (AvgIpc) is 3.59. The van der Waals surface area contributed by atoms with Crippen LogP contribution in [0.25, 0.3) is 11.2 Å². The van der Waals surface area contributed by atoms with Gasteiger partial charge in [-0.1, -0.05) is 43.5 Å². The van der Waals surface area contributed by atoms with Gasteiger partial charge < -0.3 is 45.7 Å². The molecule has 4 aromatic rings. The molecule has 2 aromatic heterocycles. The van der Waals surface area contributed by atoms with Gasteiger partial charge in [0, 0.05) is 46.9 Å². The summed E-state index contributed by atoms with van der Waals surface area (Å²) >= 11 is 1.57. The number of hydrogen-bond acceptors (Lipinski definition) is 12. The number of phenols is 1. The number of aromatic hydroxyl groups is 1. The van der Waals surface area contributed by atoms with E-state index in [-0.39, 0.29) is 41.6 Å². The number of nitrogens with two attached hydrogens (primary N) is 1. The van der Waals surface area contributed by atoms with Crippen molar-refractivity contribution in [3.63, 3.8) is 0 Å². The van der Waals surface area contributed by atoms with E-state index in [1.165, 1.54) is 25.5 Å². The lowest BCUT2D eigenvalue weighted by molar-refractivity contribution is -0.132. The minimum absolute atomic E-state index is 0.0124. The number of nitrogens with zero attached hydrogens (tertiary/aromatic N) is 5. The summed E-state index contributed by atoms with van der Waals surface area (Å²) in [5.74, 6) is 1.56. The first-order valence-electron chi connectivity index (χ1n) is 19.5. The van der Waals surface area contributed by atoms with E-state index in [1.54, 1.807) is 41.5 Å². The van der Waals surface area contributed by atoms with Gasteiger partial charge in [0.1, 0.15) is 23.9 Å². The van der Waals surface area contributed by atoms with Crippen LogP contribution in [0.4, 0.5) is 5.82 Å². The van der Waals surface area contributed by atoms with Crippen molar-refractivity contribution in [3.05, 3.63) is 72.3 Å². The maximum atomic E-state index is 13.5. The van der Waals surface area contributed by atoms with Gasteiger partial charge in [-0.3, -0.25) is 19.1 Å². The summed E-state index contributed by atoms with van der Waals surface area (Å²) in [5, 5.41) is 28.0. The van der Waals surface area contributed by atoms with Crippen molar-refractivity contribution in [3.8, 4) is 5.75 Å². The first kappa shape index (κ1) is 45.0. The number of nitrogens with one attached hydrogen (secondary N) is 2. The first-order valence-corrected chi connectivity index (χ1v) is 22.3. The normalized spacial score (nSPS) is 19.7. The van der Waals surface area contributed by atoms with Crippen molar-refractivity contribution < 1.29 is 38.9 Å². The molecule has 16 nitrogen and oxygen atoms in total. The van der Waals surface area contributed by atoms with Crippen LogP contribution < -0.4 is 16.4 Å². The van der Waals surface area contributed by atoms with Crippen LogP contribution in [0, 0.1) is 18.8 Å². The number of aliphatic hydroxyl groups excluding tert-OH is 1. The van der Waals surface area contributed by atoms with Crippen LogP contribution in [0.2, 0.25) is 0 Å². The number of benzene rings is 2. The number of ether oxygens (including phenoxy) is 1. The Hall–Kier alpha value is -4.09. The standard InChI is InChI=1S/C32H45N3O4S.C8H12N5O4P/c1-21-25(15-10-16-28(21)36)30(38)33-26(20-40-24-13-6-5-7-14-24)29(37)19-35-18-23-12-9-8-11-22(23)17-27(35)31(39)34-32(2,3)4;9-7-6-8(11-3-10-7)13(4-12-6)1-2-17-5-18(14,15)16/h5-7,10,13-16,22-23,26-27,29,36-37H,8-9,11-12,17-20H2,1-4H3,(H,33,38)(H,34,39);3-4H,1-2,5H2,(H2,9,10,11)(H2,14,15,16)/t22-,23+,26-,27-,29+;/m0./s1. The number of nitrogen functional groups attached to an aromatic ring is 1. The number of imidazole rings is 1. The maximum Gasteiger partial charge on any atom is 0.350 e. The quantitative estimate of drug-likeness (QED) is 0.0533. The zero-order chi connectivity index (χ0) is 42.0. The summed E-state index contributed by atoms with van der Waals surface area (Å²) < 4.78 is 17.1. The number of β-amino-alcohol motifs (C(OH)–C–C–N with tert-alkyl or cyclic N) is 1. The summed E-state index contributed by atoms with van der Waals surface area (Å²) in [5.41, 5.74) is 7.21. The summed E-state index contributed by atoms with van der Waals surface area (Å²) in [6.45, 7) is 9.27. The number of aromatic nitrogens is 4. The number of piperidine rings is 1. The molecule has 2 aromatic carbocycles. The predicted molar refractivity (Wildman–Crippen MR) is 223 cm³/mol. The van der Waals surface area contributed by atoms with E-state index in [1.807, 2.05) is 51.1 Å². The Bertz CT molecular complexity index is 2030. The Morgan fingerprint density at radius 1 is 1.05 bits per heavy atom. The van der Waals surface area contributed by atoms with Crippen LogP contribution in [0.1, 0.15) is 68.8 Å². The number of hydrogen-bond donors (Lipinski definition) is 7. The monoisotopic (exact) mass is 840 g/mol. The van der Waals surface area contributed by atoms with E-state index in [4.69, 9.17) is 20.3 Å². The van der Waals surface area contributed by atoms with Crippen molar-refractivity contribution in [1.29, 1.82) is 0 Å². The number of thioether (sulfide) groups is 1. The van der Waals surface area contributed by atoms with Crippen LogP contribution in [0.15, 0.2) is 66.1 Å². The number of likely N-dealkylation sites (tertiary alicyclic amines) is 1. The molecule has 5 atom stereocenters. The first-order chi connectivity index (χ1) is 27.5. The molecule has 1 saturated heterocycles. The van der Waals surface area contributed by atoms with Crippen LogP contribution in [0.3, 0.4) is 0 Å². The molecule has 0 spiro atoms. The van der Waals surface area contributed by atoms with E-state index in [0.29, 0.717) is 53.0 Å². The number of phenolic OH excluding ortho intramolecular Hbond substituents is 1. The molecule has 0 bridgehead atoms. The van der Waals surface area contributed by atoms with Gasteiger partial charge >= 0.3 is 7.60 Å². The molecule has 2 fully saturated rings. The van der Waals surface area contributed by atoms with Gasteiger partial charge in [-0.2, -0.15) is 0 Å². The molecule has 2 aliphatic rings. The van der Waals surface area contributed by atoms with Gasteiger partial charge in [0.15, 0.2) is 11.5 Å². The van der Waals surface area contributed by atoms with Crippen LogP contribution in [0.5, 0.6) is 5.75 Å². The highest BCUT2D eigenvalue weighted by Crippen LogP contribution is 2.39. The number of anilines is 1. The highest BCUT2D eigenvalue weighted by atomic mass is 32.2. The fourth-order valence-electron chi connectivity index (χ4n) is 7.47. The Kier molecular flexibility index (Phi) is 15.7. The Balaban J connectivity index is 0.000000296. The summed E-state index contributed by atoms with van der Waals surface area (Å²) in [4.78, 5) is 59.1. The van der Waals surface area contributed by atoms with E-state index in [0.717, 1.165) is 30.7 Å².